The number of rotatable bonds is 6. The maximum absolute atomic E-state index is 8.81. The van der Waals surface area contributed by atoms with Gasteiger partial charge >= 0.3 is 0 Å². The van der Waals surface area contributed by atoms with Gasteiger partial charge in [0.05, 0.1) is 19.3 Å². The molecular weight excluding hydrogens is 228 g/mol. The number of pyridine rings is 1. The van der Waals surface area contributed by atoms with Gasteiger partial charge in [0, 0.05) is 36.7 Å². The summed E-state index contributed by atoms with van der Waals surface area (Å²) in [6.45, 7) is 3.51. The fourth-order valence-electron chi connectivity index (χ4n) is 1.74. The molecule has 5 heteroatoms. The van der Waals surface area contributed by atoms with Crippen LogP contribution < -0.4 is 5.32 Å². The average Bonchev–Trinajstić information content (AvgIpc) is 2.85. The van der Waals surface area contributed by atoms with Crippen molar-refractivity contribution in [3.05, 3.63) is 48.0 Å². The third-order valence-corrected chi connectivity index (χ3v) is 2.81. The van der Waals surface area contributed by atoms with Crippen LogP contribution in [0.1, 0.15) is 24.1 Å². The molecule has 18 heavy (non-hydrogen) atoms. The number of aliphatic hydroxyl groups is 1. The van der Waals surface area contributed by atoms with Gasteiger partial charge in [0.25, 0.3) is 0 Å². The highest BCUT2D eigenvalue weighted by Gasteiger charge is 2.05. The molecule has 0 spiro atoms. The second-order valence-corrected chi connectivity index (χ2v) is 4.22. The molecule has 2 aromatic heterocycles. The summed E-state index contributed by atoms with van der Waals surface area (Å²) in [6.07, 6.45) is 7.40. The molecule has 0 radical (unpaired) electrons. The van der Waals surface area contributed by atoms with Crippen LogP contribution >= 0.6 is 0 Å². The van der Waals surface area contributed by atoms with Gasteiger partial charge in [0.2, 0.25) is 0 Å². The summed E-state index contributed by atoms with van der Waals surface area (Å²) in [5.41, 5.74) is 2.28. The normalized spacial score (nSPS) is 12.6. The van der Waals surface area contributed by atoms with Crippen LogP contribution in [0.4, 0.5) is 0 Å². The molecule has 5 nitrogen and oxygen atoms in total. The number of aromatic nitrogens is 3. The van der Waals surface area contributed by atoms with E-state index in [2.05, 4.69) is 28.4 Å². The predicted molar refractivity (Wildman–Crippen MR) is 68.8 cm³/mol. The molecule has 0 bridgehead atoms. The first-order valence-corrected chi connectivity index (χ1v) is 6.05. The van der Waals surface area contributed by atoms with E-state index in [4.69, 9.17) is 5.11 Å². The third-order valence-electron chi connectivity index (χ3n) is 2.81. The quantitative estimate of drug-likeness (QED) is 0.802. The lowest BCUT2D eigenvalue weighted by atomic mass is 10.1. The molecular formula is C13H18N4O. The summed E-state index contributed by atoms with van der Waals surface area (Å²) in [5.74, 6) is 0. The Hall–Kier alpha value is -1.72. The highest BCUT2D eigenvalue weighted by molar-refractivity contribution is 5.13. The second kappa shape index (κ2) is 6.28. The van der Waals surface area contributed by atoms with Crippen molar-refractivity contribution in [2.24, 2.45) is 0 Å². The van der Waals surface area contributed by atoms with Crippen molar-refractivity contribution < 1.29 is 5.11 Å². The molecule has 2 aromatic rings. The Morgan fingerprint density at radius 2 is 2.33 bits per heavy atom. The SMILES string of the molecule is C[C@@H](NCc1cnn(CCO)c1)c1cccnc1. The number of nitrogens with one attached hydrogen (secondary N) is 1. The van der Waals surface area contributed by atoms with Crippen LogP contribution in [0.3, 0.4) is 0 Å². The summed E-state index contributed by atoms with van der Waals surface area (Å²) >= 11 is 0. The molecule has 1 atom stereocenters. The average molecular weight is 246 g/mol. The van der Waals surface area contributed by atoms with Crippen molar-refractivity contribution in [3.63, 3.8) is 0 Å². The van der Waals surface area contributed by atoms with Crippen LogP contribution in [0.15, 0.2) is 36.9 Å². The number of hydrogen-bond acceptors (Lipinski definition) is 4. The molecule has 0 unspecified atom stereocenters. The van der Waals surface area contributed by atoms with Crippen molar-refractivity contribution in [3.8, 4) is 0 Å². The first kappa shape index (κ1) is 12.7. The van der Waals surface area contributed by atoms with Crippen LogP contribution in [0.25, 0.3) is 0 Å². The number of nitrogens with zero attached hydrogens (tertiary/aromatic N) is 3. The standard InChI is InChI=1S/C13H18N4O/c1-11(13-3-2-4-14-9-13)15-7-12-8-16-17(10-12)5-6-18/h2-4,8-11,15,18H,5-7H2,1H3/t11-/m1/s1. The van der Waals surface area contributed by atoms with E-state index in [0.29, 0.717) is 6.54 Å². The predicted octanol–water partition coefficient (Wildman–Crippen LogP) is 1.12. The summed E-state index contributed by atoms with van der Waals surface area (Å²) in [6, 6.07) is 4.24. The molecule has 0 aromatic carbocycles. The lowest BCUT2D eigenvalue weighted by Crippen LogP contribution is -2.17. The van der Waals surface area contributed by atoms with E-state index < -0.39 is 0 Å². The van der Waals surface area contributed by atoms with Gasteiger partial charge in [-0.1, -0.05) is 6.07 Å². The lowest BCUT2D eigenvalue weighted by molar-refractivity contribution is 0.269. The maximum Gasteiger partial charge on any atom is 0.0640 e. The Balaban J connectivity index is 1.87. The van der Waals surface area contributed by atoms with Crippen molar-refractivity contribution in [2.45, 2.75) is 26.1 Å². The zero-order valence-electron chi connectivity index (χ0n) is 10.5. The molecule has 0 aliphatic carbocycles. The minimum Gasteiger partial charge on any atom is -0.394 e. The zero-order valence-corrected chi connectivity index (χ0v) is 10.5. The molecule has 2 rings (SSSR count). The summed E-state index contributed by atoms with van der Waals surface area (Å²) < 4.78 is 1.74. The Morgan fingerprint density at radius 1 is 1.44 bits per heavy atom. The van der Waals surface area contributed by atoms with Gasteiger partial charge in [-0.3, -0.25) is 9.67 Å². The molecule has 2 N–H and O–H groups in total. The van der Waals surface area contributed by atoms with Gasteiger partial charge in [-0.2, -0.15) is 5.10 Å². The molecule has 96 valence electrons. The zero-order chi connectivity index (χ0) is 12.8. The highest BCUT2D eigenvalue weighted by Crippen LogP contribution is 2.10. The van der Waals surface area contributed by atoms with Crippen molar-refractivity contribution in [2.75, 3.05) is 6.61 Å². The molecule has 0 amide bonds. The summed E-state index contributed by atoms with van der Waals surface area (Å²) in [4.78, 5) is 4.10. The van der Waals surface area contributed by atoms with Crippen molar-refractivity contribution in [1.82, 2.24) is 20.1 Å². The molecule has 0 saturated carbocycles. The van der Waals surface area contributed by atoms with Gasteiger partial charge in [-0.25, -0.2) is 0 Å². The van der Waals surface area contributed by atoms with E-state index in [1.165, 1.54) is 5.56 Å². The van der Waals surface area contributed by atoms with Gasteiger partial charge < -0.3 is 10.4 Å². The van der Waals surface area contributed by atoms with Crippen LogP contribution in [-0.2, 0) is 13.1 Å². The topological polar surface area (TPSA) is 63.0 Å². The Labute approximate surface area is 106 Å². The van der Waals surface area contributed by atoms with E-state index in [1.54, 1.807) is 10.9 Å². The van der Waals surface area contributed by atoms with Gasteiger partial charge in [0.1, 0.15) is 0 Å². The third kappa shape index (κ3) is 3.38. The van der Waals surface area contributed by atoms with E-state index in [-0.39, 0.29) is 12.6 Å². The number of aliphatic hydroxyl groups excluding tert-OH is 1. The van der Waals surface area contributed by atoms with Gasteiger partial charge in [0.15, 0.2) is 0 Å². The first-order valence-electron chi connectivity index (χ1n) is 6.05. The first-order chi connectivity index (χ1) is 8.79. The molecule has 0 aliphatic rings. The van der Waals surface area contributed by atoms with Gasteiger partial charge in [-0.05, 0) is 18.6 Å². The fourth-order valence-corrected chi connectivity index (χ4v) is 1.74. The Kier molecular flexibility index (Phi) is 4.44. The molecule has 0 aliphatic heterocycles. The minimum absolute atomic E-state index is 0.112. The molecule has 0 fully saturated rings. The van der Waals surface area contributed by atoms with Crippen molar-refractivity contribution in [1.29, 1.82) is 0 Å². The maximum atomic E-state index is 8.81. The minimum atomic E-state index is 0.112. The monoisotopic (exact) mass is 246 g/mol. The smallest absolute Gasteiger partial charge is 0.0640 e. The van der Waals surface area contributed by atoms with Crippen LogP contribution in [-0.4, -0.2) is 26.5 Å². The van der Waals surface area contributed by atoms with Crippen LogP contribution in [0, 0.1) is 0 Å². The van der Waals surface area contributed by atoms with Gasteiger partial charge in [-0.15, -0.1) is 0 Å². The fraction of sp³-hybridized carbons (Fsp3) is 0.385. The Bertz CT molecular complexity index is 469. The second-order valence-electron chi connectivity index (χ2n) is 4.22. The van der Waals surface area contributed by atoms with Crippen LogP contribution in [0.5, 0.6) is 0 Å². The molecule has 0 saturated heterocycles. The van der Waals surface area contributed by atoms with E-state index >= 15 is 0 Å². The lowest BCUT2D eigenvalue weighted by Gasteiger charge is -2.12. The van der Waals surface area contributed by atoms with E-state index in [1.807, 2.05) is 24.7 Å². The summed E-state index contributed by atoms with van der Waals surface area (Å²) in [5, 5.41) is 16.4. The van der Waals surface area contributed by atoms with E-state index in [9.17, 15) is 0 Å². The van der Waals surface area contributed by atoms with Crippen LogP contribution in [0.2, 0.25) is 0 Å². The highest BCUT2D eigenvalue weighted by atomic mass is 16.3. The Morgan fingerprint density at radius 3 is 3.06 bits per heavy atom. The largest absolute Gasteiger partial charge is 0.394 e. The summed E-state index contributed by atoms with van der Waals surface area (Å²) in [7, 11) is 0. The number of hydrogen-bond donors (Lipinski definition) is 2. The van der Waals surface area contributed by atoms with Crippen molar-refractivity contribution >= 4 is 0 Å². The van der Waals surface area contributed by atoms with E-state index in [0.717, 1.165) is 12.1 Å². The molecule has 2 heterocycles.